The summed E-state index contributed by atoms with van der Waals surface area (Å²) in [6.45, 7) is 13.2. The van der Waals surface area contributed by atoms with Crippen LogP contribution in [0.15, 0.2) is 11.1 Å². The maximum absolute atomic E-state index is 6.18. The Morgan fingerprint density at radius 2 is 1.52 bits per heavy atom. The quantitative estimate of drug-likeness (QED) is 0.511. The van der Waals surface area contributed by atoms with Gasteiger partial charge in [-0.25, -0.2) is 0 Å². The molecular weight excluding hydrogens is 259 g/mol. The van der Waals surface area contributed by atoms with Gasteiger partial charge in [0.25, 0.3) is 0 Å². The van der Waals surface area contributed by atoms with E-state index < -0.39 is 0 Å². The fraction of sp³-hybridized carbons (Fsp3) is 0.889. The molecule has 1 heterocycles. The fourth-order valence-electron chi connectivity index (χ4n) is 3.66. The van der Waals surface area contributed by atoms with Gasteiger partial charge in [0.05, 0.1) is 11.2 Å². The summed E-state index contributed by atoms with van der Waals surface area (Å²) in [6.07, 6.45) is 9.02. The average Bonchev–Trinajstić information content (AvgIpc) is 2.64. The molecule has 0 amide bonds. The Kier molecular flexibility index (Phi) is 5.25. The van der Waals surface area contributed by atoms with E-state index in [0.717, 1.165) is 18.7 Å². The summed E-state index contributed by atoms with van der Waals surface area (Å²) in [4.78, 5) is 0. The molecule has 0 atom stereocenters. The molecule has 2 fully saturated rings. The molecule has 120 valence electrons. The minimum Gasteiger partial charge on any atom is -0.403 e. The van der Waals surface area contributed by atoms with Crippen molar-refractivity contribution in [3.8, 4) is 0 Å². The highest BCUT2D eigenvalue weighted by Gasteiger charge is 2.50. The van der Waals surface area contributed by atoms with Crippen molar-refractivity contribution in [1.29, 1.82) is 0 Å². The standard InChI is InChI=1S/C18H33BO2/c1-7-15(14(2)16-11-9-8-10-12-16)13-19-20-17(3,4)18(5,6)21-19/h16H,7-13H2,1-6H3/b15-14-. The van der Waals surface area contributed by atoms with E-state index in [9.17, 15) is 0 Å². The molecule has 1 saturated heterocycles. The van der Waals surface area contributed by atoms with Crippen molar-refractivity contribution in [3.05, 3.63) is 11.1 Å². The highest BCUT2D eigenvalue weighted by molar-refractivity contribution is 6.46. The molecule has 0 spiro atoms. The van der Waals surface area contributed by atoms with Gasteiger partial charge in [-0.1, -0.05) is 37.3 Å². The number of rotatable bonds is 4. The molecule has 2 rings (SSSR count). The topological polar surface area (TPSA) is 18.5 Å². The predicted molar refractivity (Wildman–Crippen MR) is 90.5 cm³/mol. The molecule has 0 aromatic heterocycles. The summed E-state index contributed by atoms with van der Waals surface area (Å²) in [5.74, 6) is 0.802. The Balaban J connectivity index is 2.06. The predicted octanol–water partition coefficient (Wildman–Crippen LogP) is 5.39. The third-order valence-corrected chi connectivity index (χ3v) is 5.92. The van der Waals surface area contributed by atoms with Gasteiger partial charge in [-0.2, -0.15) is 0 Å². The molecule has 0 radical (unpaired) electrons. The molecule has 0 unspecified atom stereocenters. The molecule has 2 nitrogen and oxygen atoms in total. The van der Waals surface area contributed by atoms with E-state index in [1.807, 2.05) is 0 Å². The van der Waals surface area contributed by atoms with Crippen LogP contribution in [0.25, 0.3) is 0 Å². The smallest absolute Gasteiger partial charge is 0.403 e. The molecule has 0 aromatic carbocycles. The maximum atomic E-state index is 6.18. The minimum absolute atomic E-state index is 0.0801. The summed E-state index contributed by atoms with van der Waals surface area (Å²) in [5, 5.41) is 0. The Hall–Kier alpha value is -0.275. The van der Waals surface area contributed by atoms with Gasteiger partial charge in [-0.15, -0.1) is 0 Å². The van der Waals surface area contributed by atoms with Crippen molar-refractivity contribution in [3.63, 3.8) is 0 Å². The van der Waals surface area contributed by atoms with Gasteiger partial charge in [0.1, 0.15) is 0 Å². The van der Waals surface area contributed by atoms with Crippen LogP contribution >= 0.6 is 0 Å². The molecule has 1 saturated carbocycles. The van der Waals surface area contributed by atoms with Crippen molar-refractivity contribution < 1.29 is 9.31 Å². The Morgan fingerprint density at radius 1 is 1.00 bits per heavy atom. The molecule has 2 aliphatic rings. The lowest BCUT2D eigenvalue weighted by atomic mass is 9.74. The van der Waals surface area contributed by atoms with Crippen LogP contribution in [-0.2, 0) is 9.31 Å². The van der Waals surface area contributed by atoms with Crippen LogP contribution < -0.4 is 0 Å². The van der Waals surface area contributed by atoms with E-state index in [2.05, 4.69) is 41.5 Å². The molecule has 0 N–H and O–H groups in total. The van der Waals surface area contributed by atoms with Crippen LogP contribution in [0.2, 0.25) is 6.32 Å². The lowest BCUT2D eigenvalue weighted by Crippen LogP contribution is -2.41. The molecule has 21 heavy (non-hydrogen) atoms. The van der Waals surface area contributed by atoms with Crippen LogP contribution in [0.3, 0.4) is 0 Å². The second-order valence-electron chi connectivity index (χ2n) is 7.87. The van der Waals surface area contributed by atoms with Crippen LogP contribution in [0.1, 0.15) is 80.1 Å². The van der Waals surface area contributed by atoms with Crippen molar-refractivity contribution >= 4 is 7.12 Å². The van der Waals surface area contributed by atoms with Gasteiger partial charge < -0.3 is 9.31 Å². The van der Waals surface area contributed by atoms with Gasteiger partial charge in [0.2, 0.25) is 0 Å². The zero-order valence-electron chi connectivity index (χ0n) is 14.9. The normalized spacial score (nSPS) is 26.9. The average molecular weight is 292 g/mol. The second-order valence-corrected chi connectivity index (χ2v) is 7.87. The van der Waals surface area contributed by atoms with Crippen LogP contribution in [-0.4, -0.2) is 18.3 Å². The van der Waals surface area contributed by atoms with Crippen molar-refractivity contribution in [2.75, 3.05) is 0 Å². The highest BCUT2D eigenvalue weighted by Crippen LogP contribution is 2.40. The monoisotopic (exact) mass is 292 g/mol. The zero-order valence-corrected chi connectivity index (χ0v) is 14.9. The van der Waals surface area contributed by atoms with E-state index in [1.54, 1.807) is 11.1 Å². The van der Waals surface area contributed by atoms with Crippen LogP contribution in [0.4, 0.5) is 0 Å². The molecule has 3 heteroatoms. The van der Waals surface area contributed by atoms with E-state index in [0.29, 0.717) is 0 Å². The lowest BCUT2D eigenvalue weighted by molar-refractivity contribution is 0.00578. The first-order chi connectivity index (χ1) is 9.77. The zero-order chi connectivity index (χ0) is 15.7. The number of allylic oxidation sites excluding steroid dienone is 2. The van der Waals surface area contributed by atoms with E-state index in [1.165, 1.54) is 32.1 Å². The van der Waals surface area contributed by atoms with E-state index in [4.69, 9.17) is 9.31 Å². The van der Waals surface area contributed by atoms with Crippen molar-refractivity contribution in [2.45, 2.75) is 97.6 Å². The Labute approximate surface area is 131 Å². The molecule has 0 bridgehead atoms. The molecule has 0 aromatic rings. The summed E-state index contributed by atoms with van der Waals surface area (Å²) in [5.41, 5.74) is 2.75. The number of hydrogen-bond donors (Lipinski definition) is 0. The van der Waals surface area contributed by atoms with E-state index in [-0.39, 0.29) is 18.3 Å². The summed E-state index contributed by atoms with van der Waals surface area (Å²) < 4.78 is 12.4. The van der Waals surface area contributed by atoms with Gasteiger partial charge in [-0.3, -0.25) is 0 Å². The summed E-state index contributed by atoms with van der Waals surface area (Å²) >= 11 is 0. The van der Waals surface area contributed by atoms with Gasteiger partial charge in [-0.05, 0) is 59.8 Å². The third kappa shape index (κ3) is 3.74. The largest absolute Gasteiger partial charge is 0.462 e. The molecule has 1 aliphatic carbocycles. The SMILES string of the molecule is CC/C(CB1OC(C)(C)C(C)(C)O1)=C(\C)C1CCCCC1. The highest BCUT2D eigenvalue weighted by atomic mass is 16.7. The second kappa shape index (κ2) is 6.46. The Morgan fingerprint density at radius 3 is 2.00 bits per heavy atom. The Bertz CT molecular complexity index is 376. The van der Waals surface area contributed by atoms with Crippen LogP contribution in [0, 0.1) is 5.92 Å². The van der Waals surface area contributed by atoms with E-state index >= 15 is 0 Å². The first-order valence-electron chi connectivity index (χ1n) is 8.81. The van der Waals surface area contributed by atoms with Gasteiger partial charge >= 0.3 is 7.12 Å². The van der Waals surface area contributed by atoms with Crippen molar-refractivity contribution in [1.82, 2.24) is 0 Å². The fourth-order valence-corrected chi connectivity index (χ4v) is 3.66. The maximum Gasteiger partial charge on any atom is 0.462 e. The third-order valence-electron chi connectivity index (χ3n) is 5.92. The summed E-state index contributed by atoms with van der Waals surface area (Å²) in [7, 11) is -0.0801. The first-order valence-corrected chi connectivity index (χ1v) is 8.81. The number of hydrogen-bond acceptors (Lipinski definition) is 2. The molecule has 1 aliphatic heterocycles. The first kappa shape index (κ1) is 17.1. The van der Waals surface area contributed by atoms with Gasteiger partial charge in [0.15, 0.2) is 0 Å². The minimum atomic E-state index is -0.213. The van der Waals surface area contributed by atoms with Gasteiger partial charge in [0, 0.05) is 6.32 Å². The van der Waals surface area contributed by atoms with Crippen molar-refractivity contribution in [2.24, 2.45) is 5.92 Å². The van der Waals surface area contributed by atoms with Crippen LogP contribution in [0.5, 0.6) is 0 Å². The summed E-state index contributed by atoms with van der Waals surface area (Å²) in [6, 6.07) is 0. The lowest BCUT2D eigenvalue weighted by Gasteiger charge is -2.32. The molecular formula is C18H33BO2.